The first kappa shape index (κ1) is 11.8. The van der Waals surface area contributed by atoms with E-state index in [1.807, 2.05) is 5.38 Å². The maximum Gasteiger partial charge on any atom is 0.267 e. The molecule has 0 saturated carbocycles. The topological polar surface area (TPSA) is 50.7 Å². The van der Waals surface area contributed by atoms with Gasteiger partial charge < -0.3 is 4.98 Å². The van der Waals surface area contributed by atoms with E-state index in [2.05, 4.69) is 25.9 Å². The molecule has 0 aromatic carbocycles. The Morgan fingerprint density at radius 3 is 3.06 bits per heavy atom. The summed E-state index contributed by atoms with van der Waals surface area (Å²) in [6.07, 6.45) is 3.26. The van der Waals surface area contributed by atoms with Crippen LogP contribution in [0.1, 0.15) is 0 Å². The van der Waals surface area contributed by atoms with E-state index in [0.29, 0.717) is 15.8 Å². The van der Waals surface area contributed by atoms with Crippen molar-refractivity contribution in [1.82, 2.24) is 14.5 Å². The van der Waals surface area contributed by atoms with Crippen molar-refractivity contribution in [3.63, 3.8) is 0 Å². The smallest absolute Gasteiger partial charge is 0.267 e. The van der Waals surface area contributed by atoms with E-state index in [1.165, 1.54) is 15.9 Å². The predicted octanol–water partition coefficient (Wildman–Crippen LogP) is 3.27. The normalized spacial score (nSPS) is 10.9. The lowest BCUT2D eigenvalue weighted by Crippen LogP contribution is -2.19. The van der Waals surface area contributed by atoms with Gasteiger partial charge in [-0.3, -0.25) is 14.3 Å². The number of nitrogens with one attached hydrogen (secondary N) is 1. The van der Waals surface area contributed by atoms with Gasteiger partial charge in [-0.15, -0.1) is 11.3 Å². The van der Waals surface area contributed by atoms with Gasteiger partial charge in [0.15, 0.2) is 4.77 Å². The lowest BCUT2D eigenvalue weighted by Gasteiger charge is -2.05. The molecule has 0 aliphatic carbocycles. The summed E-state index contributed by atoms with van der Waals surface area (Å²) in [5.74, 6) is 0. The maximum absolute atomic E-state index is 12.4. The number of halogens is 1. The predicted molar refractivity (Wildman–Crippen MR) is 78.1 cm³/mol. The average molecular weight is 340 g/mol. The zero-order chi connectivity index (χ0) is 12.7. The highest BCUT2D eigenvalue weighted by Gasteiger charge is 2.08. The molecule has 0 saturated heterocycles. The average Bonchev–Trinajstić information content (AvgIpc) is 2.77. The molecule has 4 nitrogen and oxygen atoms in total. The molecule has 3 rings (SSSR count). The van der Waals surface area contributed by atoms with Crippen LogP contribution in [0.25, 0.3) is 15.9 Å². The first-order valence-corrected chi connectivity index (χ1v) is 7.08. The number of rotatable bonds is 1. The fourth-order valence-electron chi connectivity index (χ4n) is 1.70. The first-order valence-electron chi connectivity index (χ1n) is 5.00. The van der Waals surface area contributed by atoms with Gasteiger partial charge in [0.25, 0.3) is 5.56 Å². The van der Waals surface area contributed by atoms with Crippen LogP contribution in [0.3, 0.4) is 0 Å². The summed E-state index contributed by atoms with van der Waals surface area (Å²) in [4.78, 5) is 20.3. The number of aromatic nitrogens is 3. The Balaban J connectivity index is 2.42. The van der Waals surface area contributed by atoms with Gasteiger partial charge in [0.05, 0.1) is 17.3 Å². The molecule has 0 aliphatic rings. The number of hydrogen-bond donors (Lipinski definition) is 1. The summed E-state index contributed by atoms with van der Waals surface area (Å²) in [6, 6.07) is 3.59. The van der Waals surface area contributed by atoms with Crippen LogP contribution in [0, 0.1) is 4.77 Å². The second-order valence-electron chi connectivity index (χ2n) is 3.60. The maximum atomic E-state index is 12.4. The Labute approximate surface area is 119 Å². The third kappa shape index (κ3) is 1.84. The third-order valence-corrected chi connectivity index (χ3v) is 4.02. The monoisotopic (exact) mass is 339 g/mol. The van der Waals surface area contributed by atoms with Gasteiger partial charge in [-0.2, -0.15) is 0 Å². The number of hydrogen-bond acceptors (Lipinski definition) is 4. The molecule has 90 valence electrons. The van der Waals surface area contributed by atoms with E-state index in [1.54, 1.807) is 24.5 Å². The van der Waals surface area contributed by atoms with E-state index in [-0.39, 0.29) is 5.56 Å². The van der Waals surface area contributed by atoms with Crippen molar-refractivity contribution in [2.75, 3.05) is 0 Å². The van der Waals surface area contributed by atoms with Crippen molar-refractivity contribution < 1.29 is 0 Å². The van der Waals surface area contributed by atoms with Gasteiger partial charge in [0.1, 0.15) is 4.83 Å². The molecule has 0 fully saturated rings. The van der Waals surface area contributed by atoms with Crippen molar-refractivity contribution in [3.8, 4) is 5.69 Å². The Kier molecular flexibility index (Phi) is 2.89. The standard InChI is InChI=1S/C11H6BrN3OS2/c12-6-3-7(5-13-4-6)15-10(16)8-1-2-18-9(8)14-11(15)17/h1-5H,(H,14,17). The molecule has 0 unspecified atom stereocenters. The molecular weight excluding hydrogens is 334 g/mol. The Hall–Kier alpha value is -1.31. The van der Waals surface area contributed by atoms with E-state index in [9.17, 15) is 4.79 Å². The number of fused-ring (bicyclic) bond motifs is 1. The second kappa shape index (κ2) is 4.42. The zero-order valence-corrected chi connectivity index (χ0v) is 12.1. The highest BCUT2D eigenvalue weighted by molar-refractivity contribution is 9.10. The Morgan fingerprint density at radius 2 is 2.28 bits per heavy atom. The number of nitrogens with zero attached hydrogens (tertiary/aromatic N) is 2. The molecule has 3 aromatic rings. The summed E-state index contributed by atoms with van der Waals surface area (Å²) >= 11 is 10.0. The number of aromatic amines is 1. The fraction of sp³-hybridized carbons (Fsp3) is 0. The van der Waals surface area contributed by atoms with Crippen molar-refractivity contribution >= 4 is 49.7 Å². The van der Waals surface area contributed by atoms with Gasteiger partial charge in [-0.05, 0) is 45.7 Å². The van der Waals surface area contributed by atoms with Gasteiger partial charge in [-0.25, -0.2) is 0 Å². The second-order valence-corrected chi connectivity index (χ2v) is 5.81. The molecule has 0 aliphatic heterocycles. The molecule has 0 amide bonds. The first-order chi connectivity index (χ1) is 8.66. The van der Waals surface area contributed by atoms with Crippen molar-refractivity contribution in [2.24, 2.45) is 0 Å². The van der Waals surface area contributed by atoms with Gasteiger partial charge in [-0.1, -0.05) is 0 Å². The molecule has 18 heavy (non-hydrogen) atoms. The minimum absolute atomic E-state index is 0.130. The van der Waals surface area contributed by atoms with Crippen LogP contribution in [-0.4, -0.2) is 14.5 Å². The molecule has 7 heteroatoms. The molecular formula is C11H6BrN3OS2. The van der Waals surface area contributed by atoms with Crippen LogP contribution in [0.5, 0.6) is 0 Å². The highest BCUT2D eigenvalue weighted by atomic mass is 79.9. The van der Waals surface area contributed by atoms with E-state index in [0.717, 1.165) is 9.30 Å². The third-order valence-electron chi connectivity index (χ3n) is 2.47. The number of pyridine rings is 1. The van der Waals surface area contributed by atoms with Crippen molar-refractivity contribution in [3.05, 3.63) is 49.5 Å². The molecule has 0 bridgehead atoms. The quantitative estimate of drug-likeness (QED) is 0.692. The lowest BCUT2D eigenvalue weighted by atomic mass is 10.3. The zero-order valence-electron chi connectivity index (χ0n) is 8.88. The molecule has 3 heterocycles. The summed E-state index contributed by atoms with van der Waals surface area (Å²) < 4.78 is 2.61. The molecule has 0 radical (unpaired) electrons. The van der Waals surface area contributed by atoms with E-state index < -0.39 is 0 Å². The summed E-state index contributed by atoms with van der Waals surface area (Å²) in [6.45, 7) is 0. The van der Waals surface area contributed by atoms with Crippen LogP contribution in [0.15, 0.2) is 39.2 Å². The highest BCUT2D eigenvalue weighted by Crippen LogP contribution is 2.17. The van der Waals surface area contributed by atoms with E-state index >= 15 is 0 Å². The summed E-state index contributed by atoms with van der Waals surface area (Å²) in [5, 5.41) is 2.49. The van der Waals surface area contributed by atoms with Gasteiger partial charge in [0.2, 0.25) is 0 Å². The SMILES string of the molecule is O=c1c2ccsc2[nH]c(=S)n1-c1cncc(Br)c1. The number of thiophene rings is 1. The Morgan fingerprint density at radius 1 is 1.44 bits per heavy atom. The molecule has 1 N–H and O–H groups in total. The van der Waals surface area contributed by atoms with Crippen LogP contribution < -0.4 is 5.56 Å². The van der Waals surface area contributed by atoms with E-state index in [4.69, 9.17) is 12.2 Å². The van der Waals surface area contributed by atoms with Crippen LogP contribution in [0.4, 0.5) is 0 Å². The van der Waals surface area contributed by atoms with Crippen LogP contribution >= 0.6 is 39.5 Å². The fourth-order valence-corrected chi connectivity index (χ4v) is 3.18. The van der Waals surface area contributed by atoms with Crippen LogP contribution in [0.2, 0.25) is 0 Å². The largest absolute Gasteiger partial charge is 0.323 e. The van der Waals surface area contributed by atoms with Gasteiger partial charge >= 0.3 is 0 Å². The van der Waals surface area contributed by atoms with Crippen molar-refractivity contribution in [2.45, 2.75) is 0 Å². The van der Waals surface area contributed by atoms with Crippen molar-refractivity contribution in [1.29, 1.82) is 0 Å². The summed E-state index contributed by atoms with van der Waals surface area (Å²) in [5.41, 5.74) is 0.513. The minimum Gasteiger partial charge on any atom is -0.323 e. The van der Waals surface area contributed by atoms with Gasteiger partial charge in [0, 0.05) is 10.7 Å². The lowest BCUT2D eigenvalue weighted by molar-refractivity contribution is 0.933. The molecule has 0 atom stereocenters. The molecule has 0 spiro atoms. The minimum atomic E-state index is -0.130. The number of H-pyrrole nitrogens is 1. The Bertz CT molecular complexity index is 849. The summed E-state index contributed by atoms with van der Waals surface area (Å²) in [7, 11) is 0. The molecule has 3 aromatic heterocycles. The van der Waals surface area contributed by atoms with Crippen LogP contribution in [-0.2, 0) is 0 Å².